The van der Waals surface area contributed by atoms with Crippen LogP contribution in [0.2, 0.25) is 5.28 Å². The average Bonchev–Trinajstić information content (AvgIpc) is 2.76. The molecule has 0 aliphatic carbocycles. The molecule has 1 saturated heterocycles. The van der Waals surface area contributed by atoms with E-state index in [2.05, 4.69) is 26.8 Å². The Hall–Kier alpha value is -1.10. The predicted molar refractivity (Wildman–Crippen MR) is 66.7 cm³/mol. The van der Waals surface area contributed by atoms with Crippen LogP contribution < -0.4 is 9.64 Å². The summed E-state index contributed by atoms with van der Waals surface area (Å²) in [4.78, 5) is 14.6. The topological polar surface area (TPSA) is 51.1 Å². The summed E-state index contributed by atoms with van der Waals surface area (Å²) >= 11 is 5.89. The van der Waals surface area contributed by atoms with Crippen molar-refractivity contribution >= 4 is 17.5 Å². The van der Waals surface area contributed by atoms with E-state index in [1.807, 2.05) is 6.92 Å². The first-order chi connectivity index (χ1) is 8.24. The summed E-state index contributed by atoms with van der Waals surface area (Å²) in [6.07, 6.45) is 3.45. The first-order valence-corrected chi connectivity index (χ1v) is 6.43. The molecule has 0 saturated carbocycles. The average molecular weight is 257 g/mol. The lowest BCUT2D eigenvalue weighted by Crippen LogP contribution is -2.30. The van der Waals surface area contributed by atoms with Crippen molar-refractivity contribution in [3.63, 3.8) is 0 Å². The Kier molecular flexibility index (Phi) is 3.99. The third-order valence-corrected chi connectivity index (χ3v) is 3.12. The van der Waals surface area contributed by atoms with E-state index in [1.165, 1.54) is 12.8 Å². The van der Waals surface area contributed by atoms with Crippen molar-refractivity contribution in [2.45, 2.75) is 39.2 Å². The fourth-order valence-electron chi connectivity index (χ4n) is 2.17. The second-order valence-corrected chi connectivity index (χ2v) is 4.36. The third-order valence-electron chi connectivity index (χ3n) is 2.95. The Balaban J connectivity index is 2.24. The Morgan fingerprint density at radius 3 is 2.88 bits per heavy atom. The molecule has 94 valence electrons. The number of anilines is 1. The zero-order valence-electron chi connectivity index (χ0n) is 10.2. The maximum Gasteiger partial charge on any atom is 0.322 e. The van der Waals surface area contributed by atoms with Gasteiger partial charge in [0.05, 0.1) is 6.61 Å². The lowest BCUT2D eigenvalue weighted by atomic mass is 10.2. The van der Waals surface area contributed by atoms with Gasteiger partial charge < -0.3 is 9.64 Å². The normalized spacial score (nSPS) is 19.7. The number of rotatable bonds is 4. The van der Waals surface area contributed by atoms with Gasteiger partial charge in [0.15, 0.2) is 0 Å². The van der Waals surface area contributed by atoms with E-state index in [1.54, 1.807) is 0 Å². The summed E-state index contributed by atoms with van der Waals surface area (Å²) < 4.78 is 5.28. The van der Waals surface area contributed by atoms with Gasteiger partial charge in [0.1, 0.15) is 0 Å². The van der Waals surface area contributed by atoms with Crippen LogP contribution in [0.15, 0.2) is 0 Å². The molecular weight excluding hydrogens is 240 g/mol. The molecule has 5 nitrogen and oxygen atoms in total. The Morgan fingerprint density at radius 1 is 1.35 bits per heavy atom. The standard InChI is InChI=1S/C11H17ClN4O/c1-3-8-6-5-7-16(8)10-13-9(12)14-11(15-10)17-4-2/h8H,3-7H2,1-2H3. The maximum atomic E-state index is 5.89. The number of hydrogen-bond donors (Lipinski definition) is 0. The van der Waals surface area contributed by atoms with Crippen molar-refractivity contribution in [2.24, 2.45) is 0 Å². The highest BCUT2D eigenvalue weighted by atomic mass is 35.5. The van der Waals surface area contributed by atoms with Crippen LogP contribution >= 0.6 is 11.6 Å². The van der Waals surface area contributed by atoms with Crippen LogP contribution in [0.1, 0.15) is 33.1 Å². The second kappa shape index (κ2) is 5.49. The van der Waals surface area contributed by atoms with Gasteiger partial charge in [-0.15, -0.1) is 0 Å². The molecule has 0 aromatic carbocycles. The van der Waals surface area contributed by atoms with Gasteiger partial charge in [-0.05, 0) is 37.8 Å². The van der Waals surface area contributed by atoms with Crippen LogP contribution in [0.4, 0.5) is 5.95 Å². The molecule has 17 heavy (non-hydrogen) atoms. The van der Waals surface area contributed by atoms with Crippen molar-refractivity contribution < 1.29 is 4.74 Å². The highest BCUT2D eigenvalue weighted by molar-refractivity contribution is 6.28. The smallest absolute Gasteiger partial charge is 0.322 e. The van der Waals surface area contributed by atoms with E-state index in [4.69, 9.17) is 16.3 Å². The molecule has 1 aliphatic rings. The minimum atomic E-state index is 0.195. The molecule has 0 radical (unpaired) electrons. The first-order valence-electron chi connectivity index (χ1n) is 6.05. The van der Waals surface area contributed by atoms with E-state index in [0.717, 1.165) is 13.0 Å². The van der Waals surface area contributed by atoms with Gasteiger partial charge in [0, 0.05) is 12.6 Å². The molecule has 6 heteroatoms. The van der Waals surface area contributed by atoms with Crippen LogP contribution in [0.5, 0.6) is 6.01 Å². The van der Waals surface area contributed by atoms with Crippen LogP contribution in [-0.4, -0.2) is 34.1 Å². The van der Waals surface area contributed by atoms with Crippen LogP contribution in [0, 0.1) is 0 Å². The molecular formula is C11H17ClN4O. The molecule has 0 bridgehead atoms. The molecule has 1 atom stereocenters. The summed E-state index contributed by atoms with van der Waals surface area (Å²) in [7, 11) is 0. The van der Waals surface area contributed by atoms with Gasteiger partial charge in [0.25, 0.3) is 0 Å². The second-order valence-electron chi connectivity index (χ2n) is 4.02. The van der Waals surface area contributed by atoms with Gasteiger partial charge in [0.2, 0.25) is 11.2 Å². The Labute approximate surface area is 106 Å². The largest absolute Gasteiger partial charge is 0.464 e. The fourth-order valence-corrected chi connectivity index (χ4v) is 2.32. The minimum Gasteiger partial charge on any atom is -0.464 e. The number of hydrogen-bond acceptors (Lipinski definition) is 5. The molecule has 0 N–H and O–H groups in total. The lowest BCUT2D eigenvalue weighted by Gasteiger charge is -2.23. The Morgan fingerprint density at radius 2 is 2.18 bits per heavy atom. The summed E-state index contributed by atoms with van der Waals surface area (Å²) in [5.41, 5.74) is 0. The van der Waals surface area contributed by atoms with Crippen molar-refractivity contribution in [1.82, 2.24) is 15.0 Å². The maximum absolute atomic E-state index is 5.89. The molecule has 1 aromatic rings. The Bertz CT molecular complexity index is 388. The van der Waals surface area contributed by atoms with Crippen molar-refractivity contribution in [3.05, 3.63) is 5.28 Å². The quantitative estimate of drug-likeness (QED) is 0.827. The first kappa shape index (κ1) is 12.4. The van der Waals surface area contributed by atoms with E-state index < -0.39 is 0 Å². The minimum absolute atomic E-state index is 0.195. The molecule has 1 unspecified atom stereocenters. The van der Waals surface area contributed by atoms with Gasteiger partial charge in [-0.3, -0.25) is 0 Å². The third kappa shape index (κ3) is 2.77. The molecule has 1 aromatic heterocycles. The zero-order valence-corrected chi connectivity index (χ0v) is 10.9. The van der Waals surface area contributed by atoms with E-state index in [9.17, 15) is 0 Å². The van der Waals surface area contributed by atoms with Gasteiger partial charge >= 0.3 is 6.01 Å². The van der Waals surface area contributed by atoms with Crippen molar-refractivity contribution in [3.8, 4) is 6.01 Å². The van der Waals surface area contributed by atoms with Gasteiger partial charge in [-0.1, -0.05) is 6.92 Å². The van der Waals surface area contributed by atoms with Crippen molar-refractivity contribution in [1.29, 1.82) is 0 Å². The summed E-state index contributed by atoms with van der Waals surface area (Å²) in [5, 5.41) is 0.195. The molecule has 2 rings (SSSR count). The highest BCUT2D eigenvalue weighted by Crippen LogP contribution is 2.25. The van der Waals surface area contributed by atoms with Crippen LogP contribution in [-0.2, 0) is 0 Å². The van der Waals surface area contributed by atoms with E-state index in [0.29, 0.717) is 24.6 Å². The summed E-state index contributed by atoms with van der Waals surface area (Å²) in [5.74, 6) is 0.637. The number of aromatic nitrogens is 3. The molecule has 1 aliphatic heterocycles. The van der Waals surface area contributed by atoms with E-state index in [-0.39, 0.29) is 5.28 Å². The zero-order chi connectivity index (χ0) is 12.3. The van der Waals surface area contributed by atoms with E-state index >= 15 is 0 Å². The number of nitrogens with zero attached hydrogens (tertiary/aromatic N) is 4. The lowest BCUT2D eigenvalue weighted by molar-refractivity contribution is 0.311. The fraction of sp³-hybridized carbons (Fsp3) is 0.727. The number of ether oxygens (including phenoxy) is 1. The molecule has 0 amide bonds. The SMILES string of the molecule is CCOc1nc(Cl)nc(N2CCCC2CC)n1. The number of halogens is 1. The predicted octanol–water partition coefficient (Wildman–Crippen LogP) is 2.30. The van der Waals surface area contributed by atoms with Gasteiger partial charge in [-0.2, -0.15) is 15.0 Å². The molecule has 0 spiro atoms. The molecule has 1 fully saturated rings. The van der Waals surface area contributed by atoms with Crippen molar-refractivity contribution in [2.75, 3.05) is 18.1 Å². The molecule has 2 heterocycles. The summed E-state index contributed by atoms with van der Waals surface area (Å²) in [6.45, 7) is 5.57. The summed E-state index contributed by atoms with van der Waals surface area (Å²) in [6, 6.07) is 0.812. The monoisotopic (exact) mass is 256 g/mol. The highest BCUT2D eigenvalue weighted by Gasteiger charge is 2.26. The van der Waals surface area contributed by atoms with Gasteiger partial charge in [-0.25, -0.2) is 0 Å². The van der Waals surface area contributed by atoms with Crippen LogP contribution in [0.25, 0.3) is 0 Å². The van der Waals surface area contributed by atoms with Crippen LogP contribution in [0.3, 0.4) is 0 Å².